The van der Waals surface area contributed by atoms with E-state index in [0.29, 0.717) is 38.0 Å². The zero-order chi connectivity index (χ0) is 35.6. The molecule has 0 amide bonds. The van der Waals surface area contributed by atoms with Crippen molar-refractivity contribution in [3.05, 3.63) is 0 Å². The monoisotopic (exact) mass is 690 g/mol. The number of esters is 3. The summed E-state index contributed by atoms with van der Waals surface area (Å²) in [5, 5.41) is 0. The molecule has 1 aliphatic heterocycles. The molecule has 1 heterocycles. The van der Waals surface area contributed by atoms with E-state index in [0.717, 1.165) is 51.4 Å². The molecule has 5 aliphatic carbocycles. The Hall–Kier alpha value is -1.75. The van der Waals surface area contributed by atoms with Crippen LogP contribution < -0.4 is 0 Å². The summed E-state index contributed by atoms with van der Waals surface area (Å²) in [4.78, 5) is 62.3. The van der Waals surface area contributed by atoms with Crippen LogP contribution in [0.1, 0.15) is 139 Å². The highest BCUT2D eigenvalue weighted by atomic mass is 17.4. The highest BCUT2D eigenvalue weighted by Crippen LogP contribution is 2.70. The van der Waals surface area contributed by atoms with Crippen LogP contribution in [0.2, 0.25) is 0 Å². The third kappa shape index (κ3) is 6.70. The minimum atomic E-state index is -1.02. The van der Waals surface area contributed by atoms with E-state index < -0.39 is 11.6 Å². The first-order chi connectivity index (χ1) is 23.0. The van der Waals surface area contributed by atoms with Crippen LogP contribution in [0.4, 0.5) is 0 Å². The molecule has 10 atom stereocenters. The van der Waals surface area contributed by atoms with Gasteiger partial charge < -0.3 is 14.2 Å². The van der Waals surface area contributed by atoms with Gasteiger partial charge in [0.15, 0.2) is 0 Å². The zero-order valence-corrected chi connectivity index (χ0v) is 31.5. The fourth-order valence-corrected chi connectivity index (χ4v) is 12.0. The average molecular weight is 691 g/mol. The lowest BCUT2D eigenvalue weighted by molar-refractivity contribution is -0.665. The minimum Gasteiger partial charge on any atom is -0.469 e. The summed E-state index contributed by atoms with van der Waals surface area (Å²) in [7, 11) is 1.43. The molecule has 5 saturated carbocycles. The fraction of sp³-hybridized carbons (Fsp3) is 0.923. The molecular weight excluding hydrogens is 628 g/mol. The number of hydrogen-bond acceptors (Lipinski definition) is 10. The lowest BCUT2D eigenvalue weighted by Gasteiger charge is -2.65. The second-order valence-corrected chi connectivity index (χ2v) is 18.4. The molecule has 0 radical (unpaired) electrons. The molecule has 0 bridgehead atoms. The van der Waals surface area contributed by atoms with Gasteiger partial charge in [0.25, 0.3) is 0 Å². The Morgan fingerprint density at radius 1 is 0.816 bits per heavy atom. The Bertz CT molecular complexity index is 1240. The molecule has 5 unspecified atom stereocenters. The van der Waals surface area contributed by atoms with E-state index in [4.69, 9.17) is 33.8 Å². The summed E-state index contributed by atoms with van der Waals surface area (Å²) in [6.45, 7) is 16.8. The van der Waals surface area contributed by atoms with Gasteiger partial charge in [0.05, 0.1) is 7.11 Å². The predicted octanol–water partition coefficient (Wildman–Crippen LogP) is 7.86. The minimum absolute atomic E-state index is 0.114. The molecular formula is C39H62O10. The second kappa shape index (κ2) is 13.3. The molecule has 0 aromatic heterocycles. The largest absolute Gasteiger partial charge is 0.469 e. The maximum Gasteiger partial charge on any atom is 0.305 e. The van der Waals surface area contributed by atoms with Crippen LogP contribution in [-0.2, 0) is 48.1 Å². The van der Waals surface area contributed by atoms with Crippen molar-refractivity contribution in [1.29, 1.82) is 0 Å². The van der Waals surface area contributed by atoms with Gasteiger partial charge in [-0.2, -0.15) is 19.6 Å². The number of ether oxygens (including phenoxy) is 3. The van der Waals surface area contributed by atoms with E-state index in [2.05, 4.69) is 41.5 Å². The molecule has 278 valence electrons. The van der Waals surface area contributed by atoms with E-state index in [1.54, 1.807) is 0 Å². The molecule has 10 heteroatoms. The van der Waals surface area contributed by atoms with Crippen LogP contribution >= 0.6 is 0 Å². The van der Waals surface area contributed by atoms with Crippen LogP contribution in [0, 0.1) is 57.7 Å². The van der Waals surface area contributed by atoms with Crippen molar-refractivity contribution in [1.82, 2.24) is 0 Å². The molecule has 0 aromatic rings. The third-order valence-corrected chi connectivity index (χ3v) is 14.8. The third-order valence-electron chi connectivity index (χ3n) is 14.8. The predicted molar refractivity (Wildman–Crippen MR) is 179 cm³/mol. The molecule has 1 saturated heterocycles. The summed E-state index contributed by atoms with van der Waals surface area (Å²) in [6.07, 6.45) is 9.36. The van der Waals surface area contributed by atoms with E-state index in [1.165, 1.54) is 21.0 Å². The van der Waals surface area contributed by atoms with Gasteiger partial charge in [0.2, 0.25) is 11.6 Å². The number of carbonyl (C=O) groups excluding carboxylic acids is 3. The lowest BCUT2D eigenvalue weighted by atomic mass is 9.42. The number of methoxy groups -OCH3 is 1. The summed E-state index contributed by atoms with van der Waals surface area (Å²) >= 11 is 0. The Balaban J connectivity index is 1.23. The number of carbonyl (C=O) groups is 3. The van der Waals surface area contributed by atoms with Crippen molar-refractivity contribution in [2.75, 3.05) is 7.11 Å². The SMILES string of the molecule is COC(=O)CCC(C)[C@H]1CCC2C3C(OC(C)=O)C[C@@H]4CC5(CC[C@]4(C)C3C[C@H](OC(C)=O)[C@@]21C)OOC1(CCC(C(C)(C)C)CC1)OO5. The van der Waals surface area contributed by atoms with Crippen molar-refractivity contribution in [3.63, 3.8) is 0 Å². The van der Waals surface area contributed by atoms with Gasteiger partial charge in [-0.25, -0.2) is 0 Å². The Labute approximate surface area is 293 Å². The van der Waals surface area contributed by atoms with Crippen LogP contribution in [0.5, 0.6) is 0 Å². The summed E-state index contributed by atoms with van der Waals surface area (Å²) in [5.41, 5.74) is -0.192. The highest BCUT2D eigenvalue weighted by molar-refractivity contribution is 5.69. The summed E-state index contributed by atoms with van der Waals surface area (Å²) in [5.74, 6) is -0.911. The van der Waals surface area contributed by atoms with Crippen LogP contribution in [0.25, 0.3) is 0 Å². The van der Waals surface area contributed by atoms with Crippen molar-refractivity contribution in [2.24, 2.45) is 57.7 Å². The van der Waals surface area contributed by atoms with Crippen molar-refractivity contribution in [3.8, 4) is 0 Å². The summed E-state index contributed by atoms with van der Waals surface area (Å²) < 4.78 is 17.5. The molecule has 6 fully saturated rings. The topological polar surface area (TPSA) is 116 Å². The van der Waals surface area contributed by atoms with Crippen molar-refractivity contribution < 1.29 is 48.1 Å². The normalized spacial score (nSPS) is 45.5. The van der Waals surface area contributed by atoms with Gasteiger partial charge in [0, 0.05) is 57.3 Å². The fourth-order valence-electron chi connectivity index (χ4n) is 12.0. The zero-order valence-electron chi connectivity index (χ0n) is 31.5. The van der Waals surface area contributed by atoms with Crippen molar-refractivity contribution >= 4 is 17.9 Å². The molecule has 10 nitrogen and oxygen atoms in total. The number of hydrogen-bond donors (Lipinski definition) is 0. The maximum absolute atomic E-state index is 12.7. The highest BCUT2D eigenvalue weighted by Gasteiger charge is 2.69. The van der Waals surface area contributed by atoms with Gasteiger partial charge in [-0.1, -0.05) is 41.5 Å². The van der Waals surface area contributed by atoms with Crippen LogP contribution in [-0.4, -0.2) is 48.8 Å². The molecule has 2 spiro atoms. The first-order valence-electron chi connectivity index (χ1n) is 19.1. The van der Waals surface area contributed by atoms with Gasteiger partial charge in [-0.05, 0) is 97.7 Å². The average Bonchev–Trinajstić information content (AvgIpc) is 3.40. The Morgan fingerprint density at radius 3 is 2.04 bits per heavy atom. The first kappa shape index (κ1) is 37.0. The Morgan fingerprint density at radius 2 is 1.45 bits per heavy atom. The van der Waals surface area contributed by atoms with Crippen LogP contribution in [0.3, 0.4) is 0 Å². The van der Waals surface area contributed by atoms with E-state index in [9.17, 15) is 14.4 Å². The van der Waals surface area contributed by atoms with Gasteiger partial charge in [-0.15, -0.1) is 0 Å². The van der Waals surface area contributed by atoms with E-state index in [1.807, 2.05) is 0 Å². The Kier molecular flexibility index (Phi) is 10.1. The first-order valence-corrected chi connectivity index (χ1v) is 19.1. The van der Waals surface area contributed by atoms with Gasteiger partial charge in [0.1, 0.15) is 12.2 Å². The maximum atomic E-state index is 12.7. The number of fused-ring (bicyclic) bond motifs is 5. The van der Waals surface area contributed by atoms with E-state index >= 15 is 0 Å². The van der Waals surface area contributed by atoms with E-state index in [-0.39, 0.29) is 81.9 Å². The molecule has 6 rings (SSSR count). The smallest absolute Gasteiger partial charge is 0.305 e. The quantitative estimate of drug-likeness (QED) is 0.155. The van der Waals surface area contributed by atoms with Crippen molar-refractivity contribution in [2.45, 2.75) is 163 Å². The molecule has 0 aromatic carbocycles. The van der Waals surface area contributed by atoms with Gasteiger partial charge >= 0.3 is 17.9 Å². The molecule has 6 aliphatic rings. The lowest BCUT2D eigenvalue weighted by Crippen LogP contribution is -2.65. The molecule has 0 N–H and O–H groups in total. The number of rotatable bonds is 6. The summed E-state index contributed by atoms with van der Waals surface area (Å²) in [6, 6.07) is 0. The standard InChI is InChI=1S/C39H62O10/c1-23(10-13-33(42)43-9)28-11-12-29-34-30(21-32(37(28,29)8)45-25(3)41)36(7)18-19-39(22-27(36)20-31(34)44-24(2)40)48-46-38(47-49-39)16-14-26(15-17-38)35(4,5)6/h23,26-32,34H,10-22H2,1-9H3/t23?,26?,27-,28-,29?,30?,31?,32+,34?,36+,37-,38?,39?/m1/s1. The van der Waals surface area contributed by atoms with Crippen LogP contribution in [0.15, 0.2) is 0 Å². The second-order valence-electron chi connectivity index (χ2n) is 18.4. The van der Waals surface area contributed by atoms with Gasteiger partial charge in [-0.3, -0.25) is 14.4 Å². The molecule has 49 heavy (non-hydrogen) atoms.